The van der Waals surface area contributed by atoms with E-state index in [0.29, 0.717) is 9.66 Å². The molecule has 0 saturated carbocycles. The molecule has 0 spiro atoms. The van der Waals surface area contributed by atoms with Crippen LogP contribution in [0.4, 0.5) is 0 Å². The van der Waals surface area contributed by atoms with Crippen LogP contribution in [0, 0.1) is 18.5 Å². The van der Waals surface area contributed by atoms with Crippen LogP contribution in [-0.4, -0.2) is 19.6 Å². The number of hydrogen-bond donors (Lipinski definition) is 0. The lowest BCUT2D eigenvalue weighted by atomic mass is 10.2. The van der Waals surface area contributed by atoms with E-state index in [-0.39, 0.29) is 0 Å². The third-order valence-corrected chi connectivity index (χ3v) is 4.06. The summed E-state index contributed by atoms with van der Waals surface area (Å²) in [5.74, 6) is 0. The van der Waals surface area contributed by atoms with Crippen LogP contribution in [0.15, 0.2) is 24.3 Å². The second kappa shape index (κ2) is 4.68. The number of aryl methyl sites for hydroxylation is 3. The molecule has 20 heavy (non-hydrogen) atoms. The van der Waals surface area contributed by atoms with Gasteiger partial charge < -0.3 is 0 Å². The van der Waals surface area contributed by atoms with E-state index in [1.165, 1.54) is 0 Å². The van der Waals surface area contributed by atoms with E-state index >= 15 is 0 Å². The molecule has 3 aromatic rings. The van der Waals surface area contributed by atoms with Gasteiger partial charge in [-0.3, -0.25) is 4.68 Å². The van der Waals surface area contributed by atoms with Crippen molar-refractivity contribution in [2.24, 2.45) is 7.05 Å². The van der Waals surface area contributed by atoms with E-state index in [2.05, 4.69) is 10.2 Å². The molecule has 102 valence electrons. The van der Waals surface area contributed by atoms with Crippen molar-refractivity contribution >= 4 is 34.7 Å². The summed E-state index contributed by atoms with van der Waals surface area (Å²) in [5, 5.41) is 10.8. The molecule has 0 aliphatic rings. The highest BCUT2D eigenvalue weighted by molar-refractivity contribution is 7.71. The minimum Gasteiger partial charge on any atom is -0.255 e. The van der Waals surface area contributed by atoms with Crippen LogP contribution in [0.3, 0.4) is 0 Å². The molecule has 2 heterocycles. The van der Waals surface area contributed by atoms with Crippen molar-refractivity contribution in [2.45, 2.75) is 13.8 Å². The Morgan fingerprint density at radius 3 is 2.40 bits per heavy atom. The van der Waals surface area contributed by atoms with Gasteiger partial charge in [0.2, 0.25) is 0 Å². The van der Waals surface area contributed by atoms with Gasteiger partial charge in [0, 0.05) is 17.5 Å². The van der Waals surface area contributed by atoms with Crippen molar-refractivity contribution in [1.82, 2.24) is 19.6 Å². The maximum atomic E-state index is 5.93. The Morgan fingerprint density at radius 2 is 1.75 bits per heavy atom. The van der Waals surface area contributed by atoms with Gasteiger partial charge in [0.1, 0.15) is 5.52 Å². The zero-order chi connectivity index (χ0) is 14.4. The third-order valence-electron chi connectivity index (χ3n) is 3.35. The fourth-order valence-electron chi connectivity index (χ4n) is 2.39. The van der Waals surface area contributed by atoms with E-state index in [0.717, 1.165) is 28.0 Å². The monoisotopic (exact) mass is 304 g/mol. The average molecular weight is 305 g/mol. The number of halogens is 1. The van der Waals surface area contributed by atoms with Gasteiger partial charge in [-0.15, -0.1) is 0 Å². The predicted octanol–water partition coefficient (Wildman–Crippen LogP) is 3.76. The first-order chi connectivity index (χ1) is 9.49. The summed E-state index contributed by atoms with van der Waals surface area (Å²) < 4.78 is 4.21. The predicted molar refractivity (Wildman–Crippen MR) is 83.2 cm³/mol. The molecule has 0 unspecified atom stereocenters. The van der Waals surface area contributed by atoms with Crippen molar-refractivity contribution < 1.29 is 0 Å². The molecule has 6 heteroatoms. The molecule has 4 nitrogen and oxygen atoms in total. The number of fused-ring (bicyclic) bond motifs is 1. The molecule has 0 aliphatic heterocycles. The fourth-order valence-corrected chi connectivity index (χ4v) is 2.70. The highest BCUT2D eigenvalue weighted by Crippen LogP contribution is 2.24. The Balaban J connectivity index is 2.36. The van der Waals surface area contributed by atoms with Crippen LogP contribution < -0.4 is 0 Å². The van der Waals surface area contributed by atoms with E-state index in [1.54, 1.807) is 4.68 Å². The zero-order valence-corrected chi connectivity index (χ0v) is 13.0. The summed E-state index contributed by atoms with van der Waals surface area (Å²) >= 11 is 11.3. The topological polar surface area (TPSA) is 35.6 Å². The highest BCUT2D eigenvalue weighted by atomic mass is 35.5. The van der Waals surface area contributed by atoms with E-state index < -0.39 is 0 Å². The molecule has 0 atom stereocenters. The quantitative estimate of drug-likeness (QED) is 0.642. The second-order valence-electron chi connectivity index (χ2n) is 4.71. The highest BCUT2D eigenvalue weighted by Gasteiger charge is 2.14. The van der Waals surface area contributed by atoms with Crippen molar-refractivity contribution in [3.63, 3.8) is 0 Å². The number of hydrogen-bond acceptors (Lipinski definition) is 3. The molecule has 0 saturated heterocycles. The maximum Gasteiger partial charge on any atom is 0.150 e. The van der Waals surface area contributed by atoms with Crippen LogP contribution >= 0.6 is 23.8 Å². The van der Waals surface area contributed by atoms with Crippen molar-refractivity contribution in [2.75, 3.05) is 0 Å². The number of aromatic nitrogens is 4. The minimum absolute atomic E-state index is 0.640. The molecule has 0 bridgehead atoms. The van der Waals surface area contributed by atoms with Crippen molar-refractivity contribution in [1.29, 1.82) is 0 Å². The van der Waals surface area contributed by atoms with Crippen LogP contribution in [-0.2, 0) is 7.05 Å². The number of rotatable bonds is 1. The summed E-state index contributed by atoms with van der Waals surface area (Å²) in [4.78, 5) is 0. The number of nitrogens with zero attached hydrogens (tertiary/aromatic N) is 4. The van der Waals surface area contributed by atoms with Crippen molar-refractivity contribution in [3.8, 4) is 5.69 Å². The summed E-state index contributed by atoms with van der Waals surface area (Å²) in [6.07, 6.45) is 0. The van der Waals surface area contributed by atoms with Gasteiger partial charge in [0.05, 0.1) is 17.1 Å². The van der Waals surface area contributed by atoms with Crippen LogP contribution in [0.5, 0.6) is 0 Å². The fraction of sp³-hybridized carbons (Fsp3) is 0.214. The Morgan fingerprint density at radius 1 is 1.10 bits per heavy atom. The third kappa shape index (κ3) is 1.94. The van der Waals surface area contributed by atoms with E-state index in [9.17, 15) is 0 Å². The van der Waals surface area contributed by atoms with Gasteiger partial charge in [0.15, 0.2) is 4.64 Å². The summed E-state index contributed by atoms with van der Waals surface area (Å²) in [6, 6.07) is 7.57. The van der Waals surface area contributed by atoms with Gasteiger partial charge in [-0.25, -0.2) is 4.68 Å². The van der Waals surface area contributed by atoms with Gasteiger partial charge in [0.25, 0.3) is 0 Å². The molecular formula is C14H13ClN4S. The Kier molecular flexibility index (Phi) is 3.11. The van der Waals surface area contributed by atoms with Gasteiger partial charge in [-0.05, 0) is 38.1 Å². The molecule has 1 aromatic carbocycles. The minimum atomic E-state index is 0.640. The first kappa shape index (κ1) is 13.3. The van der Waals surface area contributed by atoms with E-state index in [1.807, 2.05) is 49.8 Å². The molecule has 0 fully saturated rings. The Labute approximate surface area is 126 Å². The van der Waals surface area contributed by atoms with E-state index in [4.69, 9.17) is 23.8 Å². The first-order valence-corrected chi connectivity index (χ1v) is 6.97. The smallest absolute Gasteiger partial charge is 0.150 e. The average Bonchev–Trinajstić information content (AvgIpc) is 2.76. The van der Waals surface area contributed by atoms with Gasteiger partial charge in [-0.2, -0.15) is 10.2 Å². The lowest BCUT2D eigenvalue weighted by Gasteiger charge is -2.04. The van der Waals surface area contributed by atoms with Crippen LogP contribution in [0.1, 0.15) is 11.4 Å². The first-order valence-electron chi connectivity index (χ1n) is 6.18. The summed E-state index contributed by atoms with van der Waals surface area (Å²) in [6.45, 7) is 3.99. The van der Waals surface area contributed by atoms with Gasteiger partial charge in [-0.1, -0.05) is 23.8 Å². The summed E-state index contributed by atoms with van der Waals surface area (Å²) in [5.41, 5.74) is 3.72. The SMILES string of the molecule is Cc1nn(C)c(=S)c2nn(-c3ccc(Cl)cc3)c(C)c12. The largest absolute Gasteiger partial charge is 0.255 e. The van der Waals surface area contributed by atoms with Crippen molar-refractivity contribution in [3.05, 3.63) is 45.3 Å². The Bertz CT molecular complexity index is 861. The molecule has 2 aromatic heterocycles. The number of benzene rings is 1. The second-order valence-corrected chi connectivity index (χ2v) is 5.53. The molecule has 3 rings (SSSR count). The summed E-state index contributed by atoms with van der Waals surface area (Å²) in [7, 11) is 1.84. The standard InChI is InChI=1S/C14H13ClN4S/c1-8-12-9(2)19(11-6-4-10(15)5-7-11)17-13(12)14(20)18(3)16-8/h4-7H,1-3H3. The Hall–Kier alpha value is -1.72. The molecule has 0 radical (unpaired) electrons. The van der Waals surface area contributed by atoms with Crippen LogP contribution in [0.2, 0.25) is 5.02 Å². The van der Waals surface area contributed by atoms with Crippen LogP contribution in [0.25, 0.3) is 16.6 Å². The molecular weight excluding hydrogens is 292 g/mol. The zero-order valence-electron chi connectivity index (χ0n) is 11.4. The lowest BCUT2D eigenvalue weighted by Crippen LogP contribution is -2.01. The maximum absolute atomic E-state index is 5.93. The van der Waals surface area contributed by atoms with Gasteiger partial charge >= 0.3 is 0 Å². The lowest BCUT2D eigenvalue weighted by molar-refractivity contribution is 0.720. The molecule has 0 aliphatic carbocycles. The molecule has 0 N–H and O–H groups in total. The normalized spacial score (nSPS) is 11.2. The molecule has 0 amide bonds.